The maximum Gasteiger partial charge on any atom is 0.122 e. The molecule has 2 heterocycles. The van der Waals surface area contributed by atoms with E-state index in [-0.39, 0.29) is 11.8 Å². The predicted molar refractivity (Wildman–Crippen MR) is 120 cm³/mol. The highest BCUT2D eigenvalue weighted by atomic mass is 16.5. The van der Waals surface area contributed by atoms with Gasteiger partial charge in [-0.05, 0) is 98.2 Å². The Morgan fingerprint density at radius 2 is 1.90 bits per heavy atom. The molecule has 30 heavy (non-hydrogen) atoms. The molecule has 0 aromatic heterocycles. The Morgan fingerprint density at radius 3 is 2.67 bits per heavy atom. The van der Waals surface area contributed by atoms with Gasteiger partial charge < -0.3 is 9.84 Å². The third-order valence-corrected chi connectivity index (χ3v) is 11.6. The lowest BCUT2D eigenvalue weighted by molar-refractivity contribution is -0.115. The third kappa shape index (κ3) is 2.55. The van der Waals surface area contributed by atoms with Crippen LogP contribution in [0, 0.1) is 46.3 Å². The number of aliphatic hydroxyl groups excluding tert-OH is 1. The third-order valence-electron chi connectivity index (χ3n) is 11.6. The summed E-state index contributed by atoms with van der Waals surface area (Å²) in [5, 5.41) is 14.1. The smallest absolute Gasteiger partial charge is 0.122 e. The minimum Gasteiger partial charge on any atom is -0.393 e. The molecule has 168 valence electrons. The summed E-state index contributed by atoms with van der Waals surface area (Å²) in [6.45, 7) is 11.2. The van der Waals surface area contributed by atoms with E-state index in [0.29, 0.717) is 22.9 Å². The maximum absolute atomic E-state index is 10.3. The standard InChI is InChI=1S/C27H43NO2/c1-16-7-12-27(28-15-16)17(2)24-23(30-27)14-22-20-6-5-18-13-19(29)8-10-25(18,3)21(20)9-11-26(22,24)4/h5,16-17,19-24,28-29H,6-15H2,1-4H3/t16-,17+,19+,20-,21+,22-,23+,24-,25+,26+,27-/m1/s1. The first-order valence-corrected chi connectivity index (χ1v) is 13.1. The van der Waals surface area contributed by atoms with Crippen LogP contribution in [-0.4, -0.2) is 29.6 Å². The molecule has 0 radical (unpaired) electrons. The number of ether oxygens (including phenoxy) is 1. The molecule has 6 rings (SSSR count). The number of nitrogens with one attached hydrogen (secondary N) is 1. The van der Waals surface area contributed by atoms with Crippen molar-refractivity contribution in [2.24, 2.45) is 46.3 Å². The van der Waals surface area contributed by atoms with Gasteiger partial charge >= 0.3 is 0 Å². The van der Waals surface area contributed by atoms with Gasteiger partial charge in [0, 0.05) is 12.5 Å². The second-order valence-electron chi connectivity index (χ2n) is 12.8. The van der Waals surface area contributed by atoms with E-state index in [9.17, 15) is 5.11 Å². The Morgan fingerprint density at radius 1 is 1.07 bits per heavy atom. The predicted octanol–water partition coefficient (Wildman–Crippen LogP) is 5.29. The van der Waals surface area contributed by atoms with Gasteiger partial charge in [-0.15, -0.1) is 0 Å². The molecule has 3 heteroatoms. The average molecular weight is 414 g/mol. The molecule has 0 unspecified atom stereocenters. The van der Waals surface area contributed by atoms with Gasteiger partial charge in [0.2, 0.25) is 0 Å². The van der Waals surface area contributed by atoms with Crippen molar-refractivity contribution in [3.8, 4) is 0 Å². The van der Waals surface area contributed by atoms with Gasteiger partial charge in [0.15, 0.2) is 0 Å². The van der Waals surface area contributed by atoms with Crippen molar-refractivity contribution >= 4 is 0 Å². The van der Waals surface area contributed by atoms with Crippen LogP contribution in [0.4, 0.5) is 0 Å². The molecule has 3 nitrogen and oxygen atoms in total. The van der Waals surface area contributed by atoms with E-state index in [1.807, 2.05) is 0 Å². The lowest BCUT2D eigenvalue weighted by Gasteiger charge is -2.58. The van der Waals surface area contributed by atoms with Crippen LogP contribution in [0.5, 0.6) is 0 Å². The van der Waals surface area contributed by atoms with E-state index in [0.717, 1.165) is 49.0 Å². The Bertz CT molecular complexity index is 739. The molecule has 0 aromatic rings. The van der Waals surface area contributed by atoms with Crippen LogP contribution in [0.2, 0.25) is 0 Å². The van der Waals surface area contributed by atoms with Gasteiger partial charge in [-0.1, -0.05) is 39.3 Å². The summed E-state index contributed by atoms with van der Waals surface area (Å²) in [4.78, 5) is 0. The molecular weight excluding hydrogens is 370 g/mol. The lowest BCUT2D eigenvalue weighted by atomic mass is 9.47. The van der Waals surface area contributed by atoms with Crippen molar-refractivity contribution in [1.29, 1.82) is 0 Å². The van der Waals surface area contributed by atoms with Crippen molar-refractivity contribution in [3.63, 3.8) is 0 Å². The largest absolute Gasteiger partial charge is 0.393 e. The topological polar surface area (TPSA) is 41.5 Å². The van der Waals surface area contributed by atoms with Gasteiger partial charge in [0.25, 0.3) is 0 Å². The van der Waals surface area contributed by atoms with Crippen LogP contribution in [0.15, 0.2) is 11.6 Å². The fourth-order valence-corrected chi connectivity index (χ4v) is 9.84. The second-order valence-corrected chi connectivity index (χ2v) is 12.8. The molecule has 4 aliphatic carbocycles. The molecular formula is C27H43NO2. The van der Waals surface area contributed by atoms with E-state index < -0.39 is 0 Å². The first-order chi connectivity index (χ1) is 14.3. The Labute approximate surface area is 183 Å². The van der Waals surface area contributed by atoms with E-state index in [1.54, 1.807) is 5.57 Å². The van der Waals surface area contributed by atoms with E-state index in [4.69, 9.17) is 4.74 Å². The molecule has 0 bridgehead atoms. The summed E-state index contributed by atoms with van der Waals surface area (Å²) >= 11 is 0. The molecule has 1 spiro atoms. The monoisotopic (exact) mass is 413 g/mol. The maximum atomic E-state index is 10.3. The summed E-state index contributed by atoms with van der Waals surface area (Å²) in [6.07, 6.45) is 13.8. The Balaban J connectivity index is 1.28. The highest BCUT2D eigenvalue weighted by Crippen LogP contribution is 2.70. The van der Waals surface area contributed by atoms with E-state index >= 15 is 0 Å². The number of aliphatic hydroxyl groups is 1. The Kier molecular flexibility index (Phi) is 4.44. The zero-order valence-electron chi connectivity index (χ0n) is 19.6. The van der Waals surface area contributed by atoms with Crippen LogP contribution in [0.3, 0.4) is 0 Å². The van der Waals surface area contributed by atoms with Crippen molar-refractivity contribution in [2.45, 2.75) is 103 Å². The summed E-state index contributed by atoms with van der Waals surface area (Å²) in [7, 11) is 0. The number of piperidine rings is 1. The van der Waals surface area contributed by atoms with Crippen LogP contribution in [0.25, 0.3) is 0 Å². The molecule has 0 aromatic carbocycles. The lowest BCUT2D eigenvalue weighted by Crippen LogP contribution is -2.57. The summed E-state index contributed by atoms with van der Waals surface area (Å²) in [6, 6.07) is 0. The summed E-state index contributed by atoms with van der Waals surface area (Å²) in [5.74, 6) is 4.58. The Hall–Kier alpha value is -0.380. The van der Waals surface area contributed by atoms with Gasteiger partial charge in [-0.2, -0.15) is 0 Å². The van der Waals surface area contributed by atoms with E-state index in [1.165, 1.54) is 44.9 Å². The first-order valence-electron chi connectivity index (χ1n) is 13.1. The van der Waals surface area contributed by atoms with Gasteiger partial charge in [-0.3, -0.25) is 5.32 Å². The average Bonchev–Trinajstić information content (AvgIpc) is 3.16. The molecule has 2 N–H and O–H groups in total. The SMILES string of the molecule is C[C@@H]1CC[C@@]2(NC1)O[C@H]1C[C@@H]3[C@@H]4CC=C5C[C@@H](O)CC[C@]5(C)[C@H]4CC[C@]3(C)[C@@H]1[C@@H]2C. The first kappa shape index (κ1) is 20.2. The number of hydrogen-bond acceptors (Lipinski definition) is 3. The fraction of sp³-hybridized carbons (Fsp3) is 0.926. The van der Waals surface area contributed by atoms with Gasteiger partial charge in [0.05, 0.1) is 12.2 Å². The quantitative estimate of drug-likeness (QED) is 0.530. The number of allylic oxidation sites excluding steroid dienone is 1. The van der Waals surface area contributed by atoms with Crippen molar-refractivity contribution in [2.75, 3.05) is 6.54 Å². The van der Waals surface area contributed by atoms with Crippen LogP contribution < -0.4 is 5.32 Å². The normalized spacial score (nSPS) is 59.8. The minimum absolute atomic E-state index is 0.0439. The highest BCUT2D eigenvalue weighted by molar-refractivity contribution is 5.26. The highest BCUT2D eigenvalue weighted by Gasteiger charge is 2.68. The van der Waals surface area contributed by atoms with E-state index in [2.05, 4.69) is 39.1 Å². The minimum atomic E-state index is -0.100. The molecule has 11 atom stereocenters. The number of hydrogen-bond donors (Lipinski definition) is 2. The summed E-state index contributed by atoms with van der Waals surface area (Å²) in [5.41, 5.74) is 2.33. The van der Waals surface area contributed by atoms with Crippen molar-refractivity contribution in [3.05, 3.63) is 11.6 Å². The van der Waals surface area contributed by atoms with Gasteiger partial charge in [0.1, 0.15) is 5.72 Å². The second kappa shape index (κ2) is 6.58. The molecule has 3 saturated carbocycles. The molecule has 2 aliphatic heterocycles. The molecule has 2 saturated heterocycles. The van der Waals surface area contributed by atoms with Crippen molar-refractivity contribution < 1.29 is 9.84 Å². The zero-order chi connectivity index (χ0) is 20.9. The van der Waals surface area contributed by atoms with Crippen LogP contribution in [0.1, 0.15) is 85.5 Å². The van der Waals surface area contributed by atoms with Crippen LogP contribution >= 0.6 is 0 Å². The molecule has 5 fully saturated rings. The zero-order valence-corrected chi connectivity index (χ0v) is 19.6. The number of fused-ring (bicyclic) bond motifs is 7. The van der Waals surface area contributed by atoms with Crippen LogP contribution in [-0.2, 0) is 4.74 Å². The molecule has 6 aliphatic rings. The summed E-state index contributed by atoms with van der Waals surface area (Å²) < 4.78 is 7.00. The number of rotatable bonds is 0. The molecule has 0 amide bonds. The van der Waals surface area contributed by atoms with Crippen molar-refractivity contribution in [1.82, 2.24) is 5.32 Å². The fourth-order valence-electron chi connectivity index (χ4n) is 9.84. The van der Waals surface area contributed by atoms with Gasteiger partial charge in [-0.25, -0.2) is 0 Å².